The lowest BCUT2D eigenvalue weighted by atomic mass is 9.98. The lowest BCUT2D eigenvalue weighted by Crippen LogP contribution is -1.81. The van der Waals surface area contributed by atoms with Gasteiger partial charge in [-0.2, -0.15) is 0 Å². The van der Waals surface area contributed by atoms with E-state index >= 15 is 0 Å². The zero-order valence-electron chi connectivity index (χ0n) is 14.8. The Bertz CT molecular complexity index is 1480. The van der Waals surface area contributed by atoms with E-state index in [1.807, 2.05) is 24.3 Å². The summed E-state index contributed by atoms with van der Waals surface area (Å²) in [7, 11) is 0. The van der Waals surface area contributed by atoms with Crippen molar-refractivity contribution in [2.45, 2.75) is 6.92 Å². The van der Waals surface area contributed by atoms with Gasteiger partial charge in [-0.15, -0.1) is 0 Å². The lowest BCUT2D eigenvalue weighted by Gasteiger charge is -2.05. The van der Waals surface area contributed by atoms with Gasteiger partial charge >= 0.3 is 0 Å². The molecular weight excluding hydrogens is 332 g/mol. The molecule has 2 heteroatoms. The molecule has 0 spiro atoms. The first kappa shape index (κ1) is 14.6. The van der Waals surface area contributed by atoms with Crippen LogP contribution in [-0.4, -0.2) is 0 Å². The molecule has 0 amide bonds. The number of fused-ring (bicyclic) bond motifs is 6. The van der Waals surface area contributed by atoms with Gasteiger partial charge in [-0.3, -0.25) is 0 Å². The Morgan fingerprint density at radius 3 is 1.96 bits per heavy atom. The molecule has 0 bridgehead atoms. The highest BCUT2D eigenvalue weighted by atomic mass is 16.3. The van der Waals surface area contributed by atoms with Crippen molar-refractivity contribution in [2.75, 3.05) is 0 Å². The van der Waals surface area contributed by atoms with Gasteiger partial charge in [0.15, 0.2) is 0 Å². The van der Waals surface area contributed by atoms with Crippen LogP contribution in [-0.2, 0) is 0 Å². The molecule has 0 saturated carbocycles. The van der Waals surface area contributed by atoms with Gasteiger partial charge in [0.1, 0.15) is 22.3 Å². The Hall–Kier alpha value is -3.52. The van der Waals surface area contributed by atoms with Crippen LogP contribution in [0.5, 0.6) is 0 Å². The Kier molecular flexibility index (Phi) is 2.84. The number of para-hydroxylation sites is 2. The van der Waals surface area contributed by atoms with Crippen molar-refractivity contribution in [1.82, 2.24) is 0 Å². The Morgan fingerprint density at radius 2 is 1.15 bits per heavy atom. The van der Waals surface area contributed by atoms with Gasteiger partial charge < -0.3 is 8.83 Å². The van der Waals surface area contributed by atoms with Gasteiger partial charge in [0, 0.05) is 21.5 Å². The normalized spacial score (nSPS) is 11.9. The Balaban J connectivity index is 1.64. The van der Waals surface area contributed by atoms with Gasteiger partial charge in [0.05, 0.1) is 0 Å². The molecule has 0 fully saturated rings. The van der Waals surface area contributed by atoms with Crippen LogP contribution in [0.1, 0.15) is 5.56 Å². The second-order valence-electron chi connectivity index (χ2n) is 7.08. The second kappa shape index (κ2) is 5.24. The highest BCUT2D eigenvalue weighted by molar-refractivity contribution is 6.09. The van der Waals surface area contributed by atoms with E-state index in [2.05, 4.69) is 61.5 Å². The van der Waals surface area contributed by atoms with Gasteiger partial charge in [0.2, 0.25) is 0 Å². The average Bonchev–Trinajstić information content (AvgIpc) is 3.26. The molecule has 6 rings (SSSR count). The van der Waals surface area contributed by atoms with Crippen molar-refractivity contribution < 1.29 is 8.83 Å². The van der Waals surface area contributed by atoms with Crippen molar-refractivity contribution in [3.8, 4) is 11.1 Å². The summed E-state index contributed by atoms with van der Waals surface area (Å²) in [6.45, 7) is 2.11. The highest BCUT2D eigenvalue weighted by Crippen LogP contribution is 2.37. The molecule has 2 nitrogen and oxygen atoms in total. The fourth-order valence-corrected chi connectivity index (χ4v) is 4.07. The van der Waals surface area contributed by atoms with Crippen molar-refractivity contribution in [3.63, 3.8) is 0 Å². The third-order valence-corrected chi connectivity index (χ3v) is 5.37. The van der Waals surface area contributed by atoms with E-state index in [-0.39, 0.29) is 0 Å². The predicted molar refractivity (Wildman–Crippen MR) is 111 cm³/mol. The maximum atomic E-state index is 6.07. The number of benzene rings is 4. The summed E-state index contributed by atoms with van der Waals surface area (Å²) in [6, 6.07) is 27.3. The first-order valence-electron chi connectivity index (χ1n) is 9.11. The number of furan rings is 2. The van der Waals surface area contributed by atoms with E-state index in [0.717, 1.165) is 49.4 Å². The minimum atomic E-state index is 0.923. The van der Waals surface area contributed by atoms with Crippen LogP contribution in [0.15, 0.2) is 87.7 Å². The first-order chi connectivity index (χ1) is 13.3. The summed E-state index contributed by atoms with van der Waals surface area (Å²) < 4.78 is 12.0. The molecule has 0 atom stereocenters. The molecule has 0 radical (unpaired) electrons. The second-order valence-corrected chi connectivity index (χ2v) is 7.08. The van der Waals surface area contributed by atoms with E-state index in [4.69, 9.17) is 8.83 Å². The van der Waals surface area contributed by atoms with Crippen molar-refractivity contribution >= 4 is 43.9 Å². The van der Waals surface area contributed by atoms with Crippen LogP contribution in [0, 0.1) is 6.92 Å². The maximum Gasteiger partial charge on any atom is 0.138 e. The molecule has 0 saturated heterocycles. The molecule has 128 valence electrons. The molecule has 0 N–H and O–H groups in total. The van der Waals surface area contributed by atoms with Crippen LogP contribution < -0.4 is 0 Å². The van der Waals surface area contributed by atoms with Crippen LogP contribution in [0.3, 0.4) is 0 Å². The highest BCUT2D eigenvalue weighted by Gasteiger charge is 2.13. The zero-order chi connectivity index (χ0) is 18.0. The summed E-state index contributed by atoms with van der Waals surface area (Å²) in [5.74, 6) is 0. The Labute approximate surface area is 155 Å². The van der Waals surface area contributed by atoms with E-state index in [9.17, 15) is 0 Å². The largest absolute Gasteiger partial charge is 0.456 e. The fourth-order valence-electron chi connectivity index (χ4n) is 4.07. The molecule has 27 heavy (non-hydrogen) atoms. The zero-order valence-corrected chi connectivity index (χ0v) is 14.8. The summed E-state index contributed by atoms with van der Waals surface area (Å²) in [5.41, 5.74) is 7.28. The molecule has 0 aliphatic carbocycles. The summed E-state index contributed by atoms with van der Waals surface area (Å²) in [5, 5.41) is 4.63. The number of hydrogen-bond donors (Lipinski definition) is 0. The summed E-state index contributed by atoms with van der Waals surface area (Å²) in [6.07, 6.45) is 0. The van der Waals surface area contributed by atoms with Crippen LogP contribution >= 0.6 is 0 Å². The van der Waals surface area contributed by atoms with Crippen molar-refractivity contribution in [2.24, 2.45) is 0 Å². The monoisotopic (exact) mass is 348 g/mol. The number of aryl methyl sites for hydroxylation is 1. The molecular formula is C25H16O2. The van der Waals surface area contributed by atoms with Gasteiger partial charge in [0.25, 0.3) is 0 Å². The minimum Gasteiger partial charge on any atom is -0.456 e. The first-order valence-corrected chi connectivity index (χ1v) is 9.11. The van der Waals surface area contributed by atoms with E-state index < -0.39 is 0 Å². The standard InChI is InChI=1S/C25H16O2/c1-15-12-17(14-21-19-7-3-5-9-23(19)27-25(15)21)16-10-11-24-20(13-16)18-6-2-4-8-22(18)26-24/h2-14H,1H3. The fraction of sp³-hybridized carbons (Fsp3) is 0.0400. The van der Waals surface area contributed by atoms with Crippen LogP contribution in [0.2, 0.25) is 0 Å². The summed E-state index contributed by atoms with van der Waals surface area (Å²) >= 11 is 0. The third-order valence-electron chi connectivity index (χ3n) is 5.37. The molecule has 2 heterocycles. The molecule has 6 aromatic rings. The van der Waals surface area contributed by atoms with Crippen molar-refractivity contribution in [3.05, 3.63) is 84.4 Å². The van der Waals surface area contributed by atoms with Crippen LogP contribution in [0.25, 0.3) is 55.0 Å². The maximum absolute atomic E-state index is 6.07. The topological polar surface area (TPSA) is 26.3 Å². The van der Waals surface area contributed by atoms with Gasteiger partial charge in [-0.25, -0.2) is 0 Å². The van der Waals surface area contributed by atoms with E-state index in [1.165, 1.54) is 11.1 Å². The van der Waals surface area contributed by atoms with Gasteiger partial charge in [-0.1, -0.05) is 42.5 Å². The lowest BCUT2D eigenvalue weighted by molar-refractivity contribution is 0.666. The quantitative estimate of drug-likeness (QED) is 0.308. The molecule has 0 unspecified atom stereocenters. The minimum absolute atomic E-state index is 0.923. The number of rotatable bonds is 1. The molecule has 2 aromatic heterocycles. The summed E-state index contributed by atoms with van der Waals surface area (Å²) in [4.78, 5) is 0. The van der Waals surface area contributed by atoms with Crippen LogP contribution in [0.4, 0.5) is 0 Å². The SMILES string of the molecule is Cc1cc(-c2ccc3oc4ccccc4c3c2)cc2c1oc1ccccc12. The smallest absolute Gasteiger partial charge is 0.138 e. The van der Waals surface area contributed by atoms with E-state index in [0.29, 0.717) is 0 Å². The van der Waals surface area contributed by atoms with E-state index in [1.54, 1.807) is 0 Å². The molecule has 4 aromatic carbocycles. The average molecular weight is 348 g/mol. The predicted octanol–water partition coefficient (Wildman–Crippen LogP) is 7.46. The van der Waals surface area contributed by atoms with Gasteiger partial charge in [-0.05, 0) is 60.0 Å². The van der Waals surface area contributed by atoms with Crippen molar-refractivity contribution in [1.29, 1.82) is 0 Å². The molecule has 0 aliphatic heterocycles. The molecule has 0 aliphatic rings. The number of hydrogen-bond acceptors (Lipinski definition) is 2. The third kappa shape index (κ3) is 2.07. The Morgan fingerprint density at radius 1 is 0.519 bits per heavy atom.